The Morgan fingerprint density at radius 2 is 2.12 bits per heavy atom. The van der Waals surface area contributed by atoms with Gasteiger partial charge in [-0.1, -0.05) is 30.3 Å². The number of nitrogens with two attached hydrogens (primary N) is 1. The summed E-state index contributed by atoms with van der Waals surface area (Å²) in [4.78, 5) is 14.2. The number of benzene rings is 1. The highest BCUT2D eigenvalue weighted by Crippen LogP contribution is 2.10. The maximum Gasteiger partial charge on any atom is 0.250 e. The minimum Gasteiger partial charge on any atom is -0.374 e. The van der Waals surface area contributed by atoms with Crippen molar-refractivity contribution in [2.24, 2.45) is 5.73 Å². The van der Waals surface area contributed by atoms with E-state index in [2.05, 4.69) is 22.3 Å². The number of nitrogens with zero attached hydrogens (tertiary/aromatic N) is 1. The van der Waals surface area contributed by atoms with E-state index in [0.29, 0.717) is 13.2 Å². The van der Waals surface area contributed by atoms with Gasteiger partial charge < -0.3 is 20.5 Å². The number of morpholine rings is 1. The molecule has 1 aromatic carbocycles. The lowest BCUT2D eigenvalue weighted by Crippen LogP contribution is -2.49. The smallest absolute Gasteiger partial charge is 0.250 e. The van der Waals surface area contributed by atoms with Crippen molar-refractivity contribution in [2.75, 3.05) is 39.9 Å². The van der Waals surface area contributed by atoms with Gasteiger partial charge in [0.1, 0.15) is 6.10 Å². The van der Waals surface area contributed by atoms with Gasteiger partial charge in [0.15, 0.2) is 0 Å². The molecule has 0 spiro atoms. The number of methoxy groups -OCH3 is 1. The molecule has 24 heavy (non-hydrogen) atoms. The highest BCUT2D eigenvalue weighted by molar-refractivity contribution is 5.85. The molecule has 2 unspecified atom stereocenters. The van der Waals surface area contributed by atoms with E-state index < -0.39 is 6.10 Å². The summed E-state index contributed by atoms with van der Waals surface area (Å²) in [7, 11) is 1.48. The number of hydrogen-bond acceptors (Lipinski definition) is 5. The van der Waals surface area contributed by atoms with Gasteiger partial charge in [-0.25, -0.2) is 0 Å². The zero-order chi connectivity index (χ0) is 15.8. The van der Waals surface area contributed by atoms with E-state index in [4.69, 9.17) is 15.2 Å². The van der Waals surface area contributed by atoms with E-state index in [1.54, 1.807) is 0 Å². The minimum absolute atomic E-state index is 0. The van der Waals surface area contributed by atoms with Crippen molar-refractivity contribution in [3.05, 3.63) is 35.9 Å². The van der Waals surface area contributed by atoms with Crippen molar-refractivity contribution in [2.45, 2.75) is 18.8 Å². The summed E-state index contributed by atoms with van der Waals surface area (Å²) in [5.41, 5.74) is 6.76. The summed E-state index contributed by atoms with van der Waals surface area (Å²) in [5, 5.41) is 2.84. The zero-order valence-electron chi connectivity index (χ0n) is 13.8. The van der Waals surface area contributed by atoms with Crippen molar-refractivity contribution < 1.29 is 14.3 Å². The number of hydrogen-bond donors (Lipinski definition) is 2. The van der Waals surface area contributed by atoms with E-state index in [-0.39, 0.29) is 43.4 Å². The average Bonchev–Trinajstić information content (AvgIpc) is 2.55. The number of rotatable bonds is 7. The predicted octanol–water partition coefficient (Wildman–Crippen LogP) is 0.821. The van der Waals surface area contributed by atoms with Crippen LogP contribution in [0.4, 0.5) is 0 Å². The molecule has 1 aliphatic heterocycles. The Labute approximate surface area is 155 Å². The number of amides is 1. The van der Waals surface area contributed by atoms with E-state index in [9.17, 15) is 4.79 Å². The van der Waals surface area contributed by atoms with Crippen molar-refractivity contribution in [3.8, 4) is 0 Å². The van der Waals surface area contributed by atoms with Crippen molar-refractivity contribution in [1.82, 2.24) is 10.2 Å². The van der Waals surface area contributed by atoms with Crippen LogP contribution in [-0.2, 0) is 20.8 Å². The quantitative estimate of drug-likeness (QED) is 0.733. The molecule has 0 radical (unpaired) electrons. The number of ether oxygens (including phenoxy) is 2. The molecule has 2 rings (SSSR count). The lowest BCUT2D eigenvalue weighted by Gasteiger charge is -2.33. The molecule has 138 valence electrons. The molecule has 1 aromatic rings. The number of nitrogens with one attached hydrogen (secondary N) is 1. The normalized spacial score (nSPS) is 18.8. The number of carbonyl (C=O) groups excluding carboxylic acids is 1. The van der Waals surface area contributed by atoms with Crippen LogP contribution < -0.4 is 11.1 Å². The van der Waals surface area contributed by atoms with Gasteiger partial charge in [0.05, 0.1) is 12.7 Å². The van der Waals surface area contributed by atoms with Crippen molar-refractivity contribution in [3.63, 3.8) is 0 Å². The summed E-state index contributed by atoms with van der Waals surface area (Å²) < 4.78 is 10.7. The summed E-state index contributed by atoms with van der Waals surface area (Å²) in [6, 6.07) is 10.4. The van der Waals surface area contributed by atoms with Gasteiger partial charge in [0.2, 0.25) is 0 Å². The summed E-state index contributed by atoms with van der Waals surface area (Å²) in [6.45, 7) is 3.94. The molecular weight excluding hydrogens is 353 g/mol. The lowest BCUT2D eigenvalue weighted by atomic mass is 10.2. The van der Waals surface area contributed by atoms with Crippen molar-refractivity contribution >= 4 is 30.7 Å². The fourth-order valence-electron chi connectivity index (χ4n) is 2.53. The molecule has 8 heteroatoms. The second kappa shape index (κ2) is 12.5. The zero-order valence-corrected chi connectivity index (χ0v) is 15.5. The molecular formula is C16H27Cl2N3O3. The number of carbonyl (C=O) groups is 1. The van der Waals surface area contributed by atoms with Crippen LogP contribution in [0.2, 0.25) is 0 Å². The van der Waals surface area contributed by atoms with Gasteiger partial charge in [0, 0.05) is 39.8 Å². The first-order chi connectivity index (χ1) is 10.7. The molecule has 0 aliphatic carbocycles. The van der Waals surface area contributed by atoms with Crippen LogP contribution in [0.15, 0.2) is 30.3 Å². The summed E-state index contributed by atoms with van der Waals surface area (Å²) >= 11 is 0. The lowest BCUT2D eigenvalue weighted by molar-refractivity contribution is -0.131. The minimum atomic E-state index is -0.594. The van der Waals surface area contributed by atoms with Gasteiger partial charge in [-0.15, -0.1) is 24.8 Å². The Hall–Kier alpha value is -0.890. The molecule has 1 heterocycles. The molecule has 3 N–H and O–H groups in total. The molecule has 0 aromatic heterocycles. The fourth-order valence-corrected chi connectivity index (χ4v) is 2.53. The van der Waals surface area contributed by atoms with Crippen LogP contribution in [-0.4, -0.2) is 62.9 Å². The van der Waals surface area contributed by atoms with Crippen molar-refractivity contribution in [1.29, 1.82) is 0 Å². The van der Waals surface area contributed by atoms with E-state index in [1.807, 2.05) is 18.2 Å². The molecule has 0 bridgehead atoms. The second-order valence-electron chi connectivity index (χ2n) is 5.42. The Bertz CT molecular complexity index is 461. The van der Waals surface area contributed by atoms with Crippen LogP contribution >= 0.6 is 24.8 Å². The molecule has 1 aliphatic rings. The van der Waals surface area contributed by atoms with Gasteiger partial charge in [0.25, 0.3) is 5.91 Å². The Morgan fingerprint density at radius 3 is 2.75 bits per heavy atom. The van der Waals surface area contributed by atoms with Crippen LogP contribution in [0.1, 0.15) is 5.56 Å². The largest absolute Gasteiger partial charge is 0.374 e. The molecule has 6 nitrogen and oxygen atoms in total. The molecule has 1 amide bonds. The predicted molar refractivity (Wildman–Crippen MR) is 98.8 cm³/mol. The molecule has 1 fully saturated rings. The average molecular weight is 380 g/mol. The van der Waals surface area contributed by atoms with E-state index in [1.165, 1.54) is 12.7 Å². The van der Waals surface area contributed by atoms with Gasteiger partial charge in [-0.2, -0.15) is 0 Å². The highest BCUT2D eigenvalue weighted by atomic mass is 35.5. The molecule has 0 saturated carbocycles. The van der Waals surface area contributed by atoms with Crippen LogP contribution in [0, 0.1) is 0 Å². The first kappa shape index (κ1) is 23.1. The molecule has 2 atom stereocenters. The Morgan fingerprint density at radius 1 is 1.42 bits per heavy atom. The molecule has 1 saturated heterocycles. The Balaban J connectivity index is 0.00000264. The fraction of sp³-hybridized carbons (Fsp3) is 0.562. The second-order valence-corrected chi connectivity index (χ2v) is 5.42. The van der Waals surface area contributed by atoms with E-state index in [0.717, 1.165) is 19.6 Å². The summed E-state index contributed by atoms with van der Waals surface area (Å²) in [5.74, 6) is -0.186. The Kier molecular flexibility index (Phi) is 12.0. The third kappa shape index (κ3) is 7.34. The first-order valence-corrected chi connectivity index (χ1v) is 7.61. The summed E-state index contributed by atoms with van der Waals surface area (Å²) in [6.07, 6.45) is -0.597. The maximum atomic E-state index is 11.8. The van der Waals surface area contributed by atoms with Gasteiger partial charge in [-0.05, 0) is 5.56 Å². The topological polar surface area (TPSA) is 76.8 Å². The van der Waals surface area contributed by atoms with Crippen LogP contribution in [0.5, 0.6) is 0 Å². The van der Waals surface area contributed by atoms with Gasteiger partial charge >= 0.3 is 0 Å². The monoisotopic (exact) mass is 379 g/mol. The van der Waals surface area contributed by atoms with Gasteiger partial charge in [-0.3, -0.25) is 9.69 Å². The third-order valence-electron chi connectivity index (χ3n) is 3.77. The number of halogens is 2. The standard InChI is InChI=1S/C16H25N3O3.2ClH/c1-21-15(9-17)16(20)18-10-14-12-19(7-8-22-14)11-13-5-3-2-4-6-13;;/h2-6,14-15H,7-12,17H2,1H3,(H,18,20);2*1H. The third-order valence-corrected chi connectivity index (χ3v) is 3.77. The van der Waals surface area contributed by atoms with Crippen LogP contribution in [0.25, 0.3) is 0 Å². The van der Waals surface area contributed by atoms with E-state index >= 15 is 0 Å². The first-order valence-electron chi connectivity index (χ1n) is 7.61. The SMILES string of the molecule is COC(CN)C(=O)NCC1CN(Cc2ccccc2)CCO1.Cl.Cl. The highest BCUT2D eigenvalue weighted by Gasteiger charge is 2.22. The van der Waals surface area contributed by atoms with Crippen LogP contribution in [0.3, 0.4) is 0 Å². The maximum absolute atomic E-state index is 11.8.